The summed E-state index contributed by atoms with van der Waals surface area (Å²) in [6.07, 6.45) is 4.81. The molecule has 21 heavy (non-hydrogen) atoms. The quantitative estimate of drug-likeness (QED) is 0.331. The van der Waals surface area contributed by atoms with Crippen molar-refractivity contribution in [2.45, 2.75) is 25.7 Å². The lowest BCUT2D eigenvalue weighted by molar-refractivity contribution is -0.121. The van der Waals surface area contributed by atoms with Crippen LogP contribution in [0.3, 0.4) is 0 Å². The van der Waals surface area contributed by atoms with Crippen molar-refractivity contribution in [3.63, 3.8) is 0 Å². The number of benzene rings is 1. The van der Waals surface area contributed by atoms with Gasteiger partial charge in [-0.05, 0) is 36.4 Å². The van der Waals surface area contributed by atoms with E-state index in [1.165, 1.54) is 10.9 Å². The predicted molar refractivity (Wildman–Crippen MR) is 82.9 cm³/mol. The van der Waals surface area contributed by atoms with Gasteiger partial charge in [0.15, 0.2) is 0 Å². The molecule has 1 aromatic heterocycles. The van der Waals surface area contributed by atoms with E-state index in [0.29, 0.717) is 19.5 Å². The molecule has 0 aliphatic heterocycles. The van der Waals surface area contributed by atoms with E-state index in [2.05, 4.69) is 26.4 Å². The minimum Gasteiger partial charge on any atom is -0.361 e. The number of unbranched alkanes of at least 4 members (excludes halogenated alkanes) is 1. The molecular weight excluding hydrogens is 266 g/mol. The first-order chi connectivity index (χ1) is 10.3. The van der Waals surface area contributed by atoms with Crippen LogP contribution in [-0.2, 0) is 11.2 Å². The van der Waals surface area contributed by atoms with E-state index in [1.54, 1.807) is 0 Å². The molecule has 0 radical (unpaired) electrons. The summed E-state index contributed by atoms with van der Waals surface area (Å²) in [6.45, 7) is 1.12. The highest BCUT2D eigenvalue weighted by Gasteiger charge is 2.06. The second-order valence-electron chi connectivity index (χ2n) is 4.87. The molecule has 0 atom stereocenters. The van der Waals surface area contributed by atoms with Crippen molar-refractivity contribution in [1.29, 1.82) is 0 Å². The molecule has 6 heteroatoms. The van der Waals surface area contributed by atoms with E-state index in [1.807, 2.05) is 24.4 Å². The van der Waals surface area contributed by atoms with Crippen molar-refractivity contribution in [3.05, 3.63) is 46.5 Å². The molecule has 2 rings (SSSR count). The van der Waals surface area contributed by atoms with Crippen molar-refractivity contribution in [1.82, 2.24) is 10.3 Å². The summed E-state index contributed by atoms with van der Waals surface area (Å²) < 4.78 is 0. The van der Waals surface area contributed by atoms with Crippen LogP contribution in [0.15, 0.2) is 35.6 Å². The van der Waals surface area contributed by atoms with E-state index in [4.69, 9.17) is 5.53 Å². The summed E-state index contributed by atoms with van der Waals surface area (Å²) in [5.74, 6) is 0.0593. The topological polar surface area (TPSA) is 93.7 Å². The van der Waals surface area contributed by atoms with Gasteiger partial charge >= 0.3 is 0 Å². The number of rotatable bonds is 8. The van der Waals surface area contributed by atoms with Gasteiger partial charge in [-0.1, -0.05) is 23.3 Å². The van der Waals surface area contributed by atoms with Crippen LogP contribution in [-0.4, -0.2) is 24.0 Å². The van der Waals surface area contributed by atoms with Gasteiger partial charge in [0.05, 0.1) is 0 Å². The molecule has 110 valence electrons. The van der Waals surface area contributed by atoms with Crippen molar-refractivity contribution < 1.29 is 4.79 Å². The highest BCUT2D eigenvalue weighted by Crippen LogP contribution is 2.18. The molecule has 1 amide bonds. The van der Waals surface area contributed by atoms with Gasteiger partial charge in [-0.2, -0.15) is 0 Å². The first-order valence-electron chi connectivity index (χ1n) is 7.14. The maximum atomic E-state index is 11.8. The molecule has 0 fully saturated rings. The Hall–Kier alpha value is -2.46. The highest BCUT2D eigenvalue weighted by molar-refractivity contribution is 5.84. The van der Waals surface area contributed by atoms with Crippen LogP contribution in [0.2, 0.25) is 0 Å². The summed E-state index contributed by atoms with van der Waals surface area (Å²) in [4.78, 5) is 17.7. The maximum Gasteiger partial charge on any atom is 0.220 e. The van der Waals surface area contributed by atoms with Gasteiger partial charge in [0.1, 0.15) is 0 Å². The number of aromatic amines is 1. The lowest BCUT2D eigenvalue weighted by atomic mass is 10.1. The zero-order chi connectivity index (χ0) is 14.9. The SMILES string of the molecule is [N-]=[N+]=NCCCCNC(=O)CCc1c[nH]c2ccccc12. The average Bonchev–Trinajstić information content (AvgIpc) is 2.92. The monoisotopic (exact) mass is 285 g/mol. The van der Waals surface area contributed by atoms with Gasteiger partial charge in [0, 0.05) is 41.5 Å². The van der Waals surface area contributed by atoms with Crippen LogP contribution in [0, 0.1) is 0 Å². The fourth-order valence-corrected chi connectivity index (χ4v) is 2.26. The number of azide groups is 1. The van der Waals surface area contributed by atoms with Gasteiger partial charge in [-0.15, -0.1) is 0 Å². The van der Waals surface area contributed by atoms with Crippen molar-refractivity contribution >= 4 is 16.8 Å². The van der Waals surface area contributed by atoms with E-state index >= 15 is 0 Å². The van der Waals surface area contributed by atoms with E-state index in [9.17, 15) is 4.79 Å². The van der Waals surface area contributed by atoms with Gasteiger partial charge in [0.25, 0.3) is 0 Å². The lowest BCUT2D eigenvalue weighted by Gasteiger charge is -2.04. The van der Waals surface area contributed by atoms with Gasteiger partial charge in [0.2, 0.25) is 5.91 Å². The molecule has 0 saturated carbocycles. The third kappa shape index (κ3) is 4.54. The van der Waals surface area contributed by atoms with Crippen molar-refractivity contribution in [2.24, 2.45) is 5.11 Å². The lowest BCUT2D eigenvalue weighted by Crippen LogP contribution is -2.24. The molecule has 0 unspecified atom stereocenters. The third-order valence-corrected chi connectivity index (χ3v) is 3.37. The fourth-order valence-electron chi connectivity index (χ4n) is 2.26. The molecule has 0 aliphatic rings. The Morgan fingerprint density at radius 3 is 3.05 bits per heavy atom. The summed E-state index contributed by atoms with van der Waals surface area (Å²) >= 11 is 0. The Balaban J connectivity index is 1.70. The number of hydrogen-bond acceptors (Lipinski definition) is 2. The van der Waals surface area contributed by atoms with Crippen LogP contribution < -0.4 is 5.32 Å². The van der Waals surface area contributed by atoms with Crippen LogP contribution in [0.5, 0.6) is 0 Å². The summed E-state index contributed by atoms with van der Waals surface area (Å²) in [6, 6.07) is 8.09. The molecule has 1 aromatic carbocycles. The molecule has 0 bridgehead atoms. The third-order valence-electron chi connectivity index (χ3n) is 3.37. The van der Waals surface area contributed by atoms with E-state index < -0.39 is 0 Å². The zero-order valence-electron chi connectivity index (χ0n) is 11.9. The Morgan fingerprint density at radius 1 is 1.33 bits per heavy atom. The second-order valence-corrected chi connectivity index (χ2v) is 4.87. The summed E-state index contributed by atoms with van der Waals surface area (Å²) in [5.41, 5.74) is 10.4. The van der Waals surface area contributed by atoms with E-state index in [-0.39, 0.29) is 5.91 Å². The summed E-state index contributed by atoms with van der Waals surface area (Å²) in [5, 5.41) is 7.52. The number of H-pyrrole nitrogens is 1. The van der Waals surface area contributed by atoms with E-state index in [0.717, 1.165) is 24.8 Å². The second kappa shape index (κ2) is 7.97. The number of aromatic nitrogens is 1. The average molecular weight is 285 g/mol. The number of nitrogens with zero attached hydrogens (tertiary/aromatic N) is 3. The Bertz CT molecular complexity index is 642. The van der Waals surface area contributed by atoms with Crippen LogP contribution >= 0.6 is 0 Å². The fraction of sp³-hybridized carbons (Fsp3) is 0.400. The molecule has 0 aliphatic carbocycles. The van der Waals surface area contributed by atoms with Crippen molar-refractivity contribution in [2.75, 3.05) is 13.1 Å². The molecular formula is C15H19N5O. The van der Waals surface area contributed by atoms with Crippen LogP contribution in [0.1, 0.15) is 24.8 Å². The molecule has 2 aromatic rings. The van der Waals surface area contributed by atoms with Crippen LogP contribution in [0.4, 0.5) is 0 Å². The molecule has 1 heterocycles. The normalized spacial score (nSPS) is 10.3. The van der Waals surface area contributed by atoms with Crippen molar-refractivity contribution in [3.8, 4) is 0 Å². The Morgan fingerprint density at radius 2 is 2.19 bits per heavy atom. The molecule has 2 N–H and O–H groups in total. The number of aryl methyl sites for hydroxylation is 1. The zero-order valence-corrected chi connectivity index (χ0v) is 11.9. The maximum absolute atomic E-state index is 11.8. The number of hydrogen-bond donors (Lipinski definition) is 2. The minimum atomic E-state index is 0.0593. The smallest absolute Gasteiger partial charge is 0.220 e. The van der Waals surface area contributed by atoms with Gasteiger partial charge in [-0.3, -0.25) is 4.79 Å². The highest BCUT2D eigenvalue weighted by atomic mass is 16.1. The summed E-state index contributed by atoms with van der Waals surface area (Å²) in [7, 11) is 0. The number of carbonyl (C=O) groups excluding carboxylic acids is 1. The number of nitrogens with one attached hydrogen (secondary N) is 2. The van der Waals surface area contributed by atoms with Gasteiger partial charge in [-0.25, -0.2) is 0 Å². The first-order valence-corrected chi connectivity index (χ1v) is 7.14. The number of fused-ring (bicyclic) bond motifs is 1. The molecule has 0 spiro atoms. The van der Waals surface area contributed by atoms with Gasteiger partial charge < -0.3 is 10.3 Å². The number of para-hydroxylation sites is 1. The standard InChI is InChI=1S/C15H19N5O/c16-20-19-10-4-3-9-17-15(21)8-7-12-11-18-14-6-2-1-5-13(12)14/h1-2,5-6,11,18H,3-4,7-10H2,(H,17,21). The first kappa shape index (κ1) is 14.9. The minimum absolute atomic E-state index is 0.0593. The largest absolute Gasteiger partial charge is 0.361 e. The molecule has 6 nitrogen and oxygen atoms in total. The van der Waals surface area contributed by atoms with Crippen LogP contribution in [0.25, 0.3) is 21.3 Å². The number of amides is 1. The predicted octanol–water partition coefficient (Wildman–Crippen LogP) is 3.31. The Labute approximate surface area is 123 Å². The molecule has 0 saturated heterocycles. The Kier molecular flexibility index (Phi) is 5.67. The number of carbonyl (C=O) groups is 1.